The summed E-state index contributed by atoms with van der Waals surface area (Å²) in [6.45, 7) is 7.93. The van der Waals surface area contributed by atoms with Crippen molar-refractivity contribution in [2.24, 2.45) is 5.92 Å². The van der Waals surface area contributed by atoms with E-state index in [4.69, 9.17) is 5.26 Å². The van der Waals surface area contributed by atoms with Gasteiger partial charge < -0.3 is 5.32 Å². The van der Waals surface area contributed by atoms with Gasteiger partial charge in [-0.15, -0.1) is 6.58 Å². The van der Waals surface area contributed by atoms with Gasteiger partial charge in [-0.1, -0.05) is 31.6 Å². The molecule has 0 aliphatic rings. The van der Waals surface area contributed by atoms with E-state index in [0.717, 1.165) is 31.0 Å². The summed E-state index contributed by atoms with van der Waals surface area (Å²) in [7, 11) is 0. The third-order valence-electron chi connectivity index (χ3n) is 3.22. The SMILES string of the molecule is C=CCC(CC)CCNCc1ccc(C#N)cc1. The largest absolute Gasteiger partial charge is 0.313 e. The number of nitrogens with one attached hydrogen (secondary N) is 1. The zero-order valence-corrected chi connectivity index (χ0v) is 11.2. The van der Waals surface area contributed by atoms with Gasteiger partial charge >= 0.3 is 0 Å². The van der Waals surface area contributed by atoms with Crippen molar-refractivity contribution in [3.8, 4) is 6.07 Å². The number of nitrogens with zero attached hydrogens (tertiary/aromatic N) is 1. The first-order valence-electron chi connectivity index (χ1n) is 6.60. The van der Waals surface area contributed by atoms with Crippen molar-refractivity contribution in [1.29, 1.82) is 5.26 Å². The van der Waals surface area contributed by atoms with Crippen LogP contribution in [0.4, 0.5) is 0 Å². The molecule has 0 amide bonds. The van der Waals surface area contributed by atoms with Crippen molar-refractivity contribution < 1.29 is 0 Å². The maximum Gasteiger partial charge on any atom is 0.0991 e. The number of hydrogen-bond donors (Lipinski definition) is 1. The van der Waals surface area contributed by atoms with Gasteiger partial charge in [0, 0.05) is 6.54 Å². The van der Waals surface area contributed by atoms with E-state index in [1.165, 1.54) is 18.4 Å². The Morgan fingerprint density at radius 3 is 2.67 bits per heavy atom. The van der Waals surface area contributed by atoms with Crippen LogP contribution in [0.5, 0.6) is 0 Å². The lowest BCUT2D eigenvalue weighted by atomic mass is 9.98. The first kappa shape index (κ1) is 14.5. The van der Waals surface area contributed by atoms with Crippen LogP contribution in [0, 0.1) is 17.2 Å². The van der Waals surface area contributed by atoms with Crippen molar-refractivity contribution in [3.63, 3.8) is 0 Å². The lowest BCUT2D eigenvalue weighted by Crippen LogP contribution is -2.17. The van der Waals surface area contributed by atoms with Gasteiger partial charge in [-0.25, -0.2) is 0 Å². The third kappa shape index (κ3) is 5.16. The van der Waals surface area contributed by atoms with Gasteiger partial charge in [-0.05, 0) is 43.0 Å². The Hall–Kier alpha value is -1.59. The van der Waals surface area contributed by atoms with Crippen molar-refractivity contribution in [1.82, 2.24) is 5.32 Å². The second-order valence-corrected chi connectivity index (χ2v) is 4.57. The fourth-order valence-electron chi connectivity index (χ4n) is 1.96. The summed E-state index contributed by atoms with van der Waals surface area (Å²) < 4.78 is 0. The van der Waals surface area contributed by atoms with E-state index in [-0.39, 0.29) is 0 Å². The summed E-state index contributed by atoms with van der Waals surface area (Å²) in [5, 5.41) is 12.2. The highest BCUT2D eigenvalue weighted by atomic mass is 14.8. The maximum atomic E-state index is 8.71. The summed E-state index contributed by atoms with van der Waals surface area (Å²) in [5.74, 6) is 0.746. The number of allylic oxidation sites excluding steroid dienone is 1. The van der Waals surface area contributed by atoms with Gasteiger partial charge in [0.2, 0.25) is 0 Å². The van der Waals surface area contributed by atoms with Gasteiger partial charge in [0.15, 0.2) is 0 Å². The molecule has 18 heavy (non-hydrogen) atoms. The van der Waals surface area contributed by atoms with Crippen LogP contribution in [0.3, 0.4) is 0 Å². The molecule has 96 valence electrons. The Balaban J connectivity index is 2.24. The van der Waals surface area contributed by atoms with Gasteiger partial charge in [-0.2, -0.15) is 5.26 Å². The first-order chi connectivity index (χ1) is 8.80. The normalized spacial score (nSPS) is 11.8. The lowest BCUT2D eigenvalue weighted by Gasteiger charge is -2.12. The Labute approximate surface area is 110 Å². The molecule has 0 spiro atoms. The average molecular weight is 242 g/mol. The zero-order valence-electron chi connectivity index (χ0n) is 11.2. The predicted molar refractivity (Wildman–Crippen MR) is 76.1 cm³/mol. The second kappa shape index (κ2) is 8.49. The van der Waals surface area contributed by atoms with Crippen LogP contribution >= 0.6 is 0 Å². The summed E-state index contributed by atoms with van der Waals surface area (Å²) >= 11 is 0. The minimum Gasteiger partial charge on any atom is -0.313 e. The van der Waals surface area contributed by atoms with E-state index in [1.54, 1.807) is 0 Å². The number of nitriles is 1. The van der Waals surface area contributed by atoms with Crippen LogP contribution in [0.1, 0.15) is 37.3 Å². The van der Waals surface area contributed by atoms with Crippen LogP contribution in [0.15, 0.2) is 36.9 Å². The van der Waals surface area contributed by atoms with Gasteiger partial charge in [0.1, 0.15) is 0 Å². The Kier molecular flexibility index (Phi) is 6.83. The Bertz CT molecular complexity index is 387. The molecule has 0 fully saturated rings. The highest BCUT2D eigenvalue weighted by molar-refractivity contribution is 5.31. The molecule has 1 atom stereocenters. The molecular formula is C16H22N2. The summed E-state index contributed by atoms with van der Waals surface area (Å²) in [5.41, 5.74) is 1.95. The molecule has 0 bridgehead atoms. The van der Waals surface area contributed by atoms with E-state index in [9.17, 15) is 0 Å². The third-order valence-corrected chi connectivity index (χ3v) is 3.22. The minimum absolute atomic E-state index is 0.718. The van der Waals surface area contributed by atoms with Crippen LogP contribution in [0.2, 0.25) is 0 Å². The van der Waals surface area contributed by atoms with Gasteiger partial charge in [0.25, 0.3) is 0 Å². The lowest BCUT2D eigenvalue weighted by molar-refractivity contribution is 0.456. The number of benzene rings is 1. The molecule has 0 saturated heterocycles. The topological polar surface area (TPSA) is 35.8 Å². The molecule has 0 aliphatic carbocycles. The molecule has 1 aromatic rings. The second-order valence-electron chi connectivity index (χ2n) is 4.57. The fourth-order valence-corrected chi connectivity index (χ4v) is 1.96. The monoisotopic (exact) mass is 242 g/mol. The van der Waals surface area contributed by atoms with E-state index in [0.29, 0.717) is 0 Å². The van der Waals surface area contributed by atoms with Crippen molar-refractivity contribution in [2.75, 3.05) is 6.54 Å². The maximum absolute atomic E-state index is 8.71. The van der Waals surface area contributed by atoms with Gasteiger partial charge in [-0.3, -0.25) is 0 Å². The smallest absolute Gasteiger partial charge is 0.0991 e. The van der Waals surface area contributed by atoms with Crippen molar-refractivity contribution >= 4 is 0 Å². The molecule has 1 N–H and O–H groups in total. The molecule has 0 radical (unpaired) electrons. The zero-order chi connectivity index (χ0) is 13.2. The summed E-state index contributed by atoms with van der Waals surface area (Å²) in [6, 6.07) is 9.87. The summed E-state index contributed by atoms with van der Waals surface area (Å²) in [6.07, 6.45) is 5.52. The van der Waals surface area contributed by atoms with E-state index in [1.807, 2.05) is 30.3 Å². The van der Waals surface area contributed by atoms with E-state index in [2.05, 4.69) is 24.9 Å². The molecule has 0 saturated carbocycles. The van der Waals surface area contributed by atoms with E-state index >= 15 is 0 Å². The quantitative estimate of drug-likeness (QED) is 0.558. The van der Waals surface area contributed by atoms with Crippen LogP contribution in [-0.4, -0.2) is 6.54 Å². The molecular weight excluding hydrogens is 220 g/mol. The standard InChI is InChI=1S/C16H22N2/c1-3-5-14(4-2)10-11-18-13-16-8-6-15(12-17)7-9-16/h3,6-9,14,18H,1,4-5,10-11,13H2,2H3. The first-order valence-corrected chi connectivity index (χ1v) is 6.60. The van der Waals surface area contributed by atoms with Crippen LogP contribution in [0.25, 0.3) is 0 Å². The highest BCUT2D eigenvalue weighted by Gasteiger charge is 2.03. The molecule has 2 heteroatoms. The van der Waals surface area contributed by atoms with Crippen molar-refractivity contribution in [2.45, 2.75) is 32.7 Å². The van der Waals surface area contributed by atoms with E-state index < -0.39 is 0 Å². The van der Waals surface area contributed by atoms with Gasteiger partial charge in [0.05, 0.1) is 11.6 Å². The molecule has 1 unspecified atom stereocenters. The molecule has 0 aromatic heterocycles. The molecule has 1 aromatic carbocycles. The van der Waals surface area contributed by atoms with Crippen LogP contribution < -0.4 is 5.32 Å². The Morgan fingerprint density at radius 1 is 1.39 bits per heavy atom. The number of hydrogen-bond acceptors (Lipinski definition) is 2. The van der Waals surface area contributed by atoms with Crippen LogP contribution in [-0.2, 0) is 6.54 Å². The molecule has 2 nitrogen and oxygen atoms in total. The fraction of sp³-hybridized carbons (Fsp3) is 0.438. The van der Waals surface area contributed by atoms with Crippen molar-refractivity contribution in [3.05, 3.63) is 48.0 Å². The minimum atomic E-state index is 0.718. The number of rotatable bonds is 8. The molecule has 0 aliphatic heterocycles. The molecule has 0 heterocycles. The highest BCUT2D eigenvalue weighted by Crippen LogP contribution is 2.12. The Morgan fingerprint density at radius 2 is 2.11 bits per heavy atom. The summed E-state index contributed by atoms with van der Waals surface area (Å²) in [4.78, 5) is 0. The predicted octanol–water partition coefficient (Wildman–Crippen LogP) is 3.64. The molecule has 1 rings (SSSR count). The average Bonchev–Trinajstić information content (AvgIpc) is 2.43.